The van der Waals surface area contributed by atoms with E-state index >= 15 is 0 Å². The van der Waals surface area contributed by atoms with Crippen molar-refractivity contribution in [1.82, 2.24) is 10.3 Å². The Kier molecular flexibility index (Phi) is 5.82. The van der Waals surface area contributed by atoms with Crippen molar-refractivity contribution >= 4 is 5.82 Å². The largest absolute Gasteiger partial charge is 0.383 e. The van der Waals surface area contributed by atoms with E-state index in [0.717, 1.165) is 25.5 Å². The molecule has 90 valence electrons. The van der Waals surface area contributed by atoms with Crippen LogP contribution in [0.4, 0.5) is 5.82 Å². The van der Waals surface area contributed by atoms with Crippen LogP contribution in [0.1, 0.15) is 12.5 Å². The molecule has 0 saturated carbocycles. The van der Waals surface area contributed by atoms with Crippen molar-refractivity contribution in [3.63, 3.8) is 0 Å². The van der Waals surface area contributed by atoms with Crippen LogP contribution in [0.25, 0.3) is 0 Å². The number of nitrogens with zero attached hydrogens (tertiary/aromatic N) is 1. The third-order valence-corrected chi connectivity index (χ3v) is 2.26. The summed E-state index contributed by atoms with van der Waals surface area (Å²) in [7, 11) is 1.72. The maximum atomic E-state index is 5.04. The quantitative estimate of drug-likeness (QED) is 0.686. The van der Waals surface area contributed by atoms with Crippen LogP contribution in [0.15, 0.2) is 18.3 Å². The zero-order valence-corrected chi connectivity index (χ0v) is 10.3. The molecule has 1 heterocycles. The monoisotopic (exact) mass is 223 g/mol. The van der Waals surface area contributed by atoms with Crippen molar-refractivity contribution in [3.8, 4) is 0 Å². The molecule has 0 saturated heterocycles. The van der Waals surface area contributed by atoms with Gasteiger partial charge in [0.15, 0.2) is 0 Å². The summed E-state index contributed by atoms with van der Waals surface area (Å²) in [5.41, 5.74) is 1.22. The molecule has 4 nitrogen and oxygen atoms in total. The van der Waals surface area contributed by atoms with Crippen LogP contribution < -0.4 is 10.6 Å². The smallest absolute Gasteiger partial charge is 0.126 e. The number of nitrogens with one attached hydrogen (secondary N) is 2. The summed E-state index contributed by atoms with van der Waals surface area (Å²) < 4.78 is 5.04. The van der Waals surface area contributed by atoms with E-state index in [1.54, 1.807) is 7.11 Å². The van der Waals surface area contributed by atoms with Gasteiger partial charge in [0.1, 0.15) is 5.82 Å². The Morgan fingerprint density at radius 1 is 1.44 bits per heavy atom. The molecule has 0 aliphatic rings. The van der Waals surface area contributed by atoms with Gasteiger partial charge in [-0.2, -0.15) is 0 Å². The van der Waals surface area contributed by atoms with Crippen molar-refractivity contribution < 1.29 is 4.74 Å². The Bertz CT molecular complexity index is 304. The zero-order chi connectivity index (χ0) is 11.8. The molecule has 0 aliphatic heterocycles. The molecule has 0 bridgehead atoms. The molecule has 4 heteroatoms. The van der Waals surface area contributed by atoms with Gasteiger partial charge in [-0.25, -0.2) is 4.98 Å². The number of aryl methyl sites for hydroxylation is 1. The minimum Gasteiger partial charge on any atom is -0.383 e. The highest BCUT2D eigenvalue weighted by Crippen LogP contribution is 2.03. The van der Waals surface area contributed by atoms with Crippen LogP contribution in [0.2, 0.25) is 0 Å². The Morgan fingerprint density at radius 3 is 2.94 bits per heavy atom. The minimum atomic E-state index is 0.386. The zero-order valence-electron chi connectivity index (χ0n) is 10.3. The first-order valence-electron chi connectivity index (χ1n) is 5.61. The second-order valence-electron chi connectivity index (χ2n) is 3.96. The van der Waals surface area contributed by atoms with E-state index in [1.807, 2.05) is 18.3 Å². The van der Waals surface area contributed by atoms with Crippen molar-refractivity contribution in [2.45, 2.75) is 19.9 Å². The highest BCUT2D eigenvalue weighted by Gasteiger charge is 1.99. The first-order chi connectivity index (χ1) is 7.72. The second kappa shape index (κ2) is 7.19. The van der Waals surface area contributed by atoms with E-state index in [9.17, 15) is 0 Å². The molecule has 2 N–H and O–H groups in total. The van der Waals surface area contributed by atoms with Crippen LogP contribution in [0.5, 0.6) is 0 Å². The van der Waals surface area contributed by atoms with E-state index in [4.69, 9.17) is 4.74 Å². The fraction of sp³-hybridized carbons (Fsp3) is 0.583. The number of hydrogen-bond donors (Lipinski definition) is 2. The third kappa shape index (κ3) is 5.09. The Labute approximate surface area is 97.4 Å². The molecule has 0 aromatic carbocycles. The Balaban J connectivity index is 2.16. The molecular formula is C12H21N3O. The van der Waals surface area contributed by atoms with Gasteiger partial charge >= 0.3 is 0 Å². The van der Waals surface area contributed by atoms with E-state index < -0.39 is 0 Å². The van der Waals surface area contributed by atoms with Gasteiger partial charge in [-0.15, -0.1) is 0 Å². The maximum Gasteiger partial charge on any atom is 0.126 e. The van der Waals surface area contributed by atoms with Crippen molar-refractivity contribution in [2.24, 2.45) is 0 Å². The van der Waals surface area contributed by atoms with Crippen LogP contribution in [0.3, 0.4) is 0 Å². The van der Waals surface area contributed by atoms with Gasteiger partial charge in [0, 0.05) is 32.4 Å². The molecule has 1 aromatic heterocycles. The van der Waals surface area contributed by atoms with E-state index in [-0.39, 0.29) is 0 Å². The van der Waals surface area contributed by atoms with E-state index in [0.29, 0.717) is 6.04 Å². The Hall–Kier alpha value is -1.13. The van der Waals surface area contributed by atoms with Crippen LogP contribution in [0, 0.1) is 6.92 Å². The normalized spacial score (nSPS) is 12.4. The van der Waals surface area contributed by atoms with Gasteiger partial charge < -0.3 is 15.4 Å². The summed E-state index contributed by atoms with van der Waals surface area (Å²) in [6.07, 6.45) is 1.82. The molecule has 1 rings (SSSR count). The van der Waals surface area contributed by atoms with Gasteiger partial charge in [-0.05, 0) is 31.5 Å². The molecule has 0 amide bonds. The summed E-state index contributed by atoms with van der Waals surface area (Å²) >= 11 is 0. The number of aromatic nitrogens is 1. The minimum absolute atomic E-state index is 0.386. The topological polar surface area (TPSA) is 46.2 Å². The van der Waals surface area contributed by atoms with Gasteiger partial charge in [0.2, 0.25) is 0 Å². The summed E-state index contributed by atoms with van der Waals surface area (Å²) in [5.74, 6) is 0.932. The molecule has 0 fully saturated rings. The average molecular weight is 223 g/mol. The number of methoxy groups -OCH3 is 1. The lowest BCUT2D eigenvalue weighted by Gasteiger charge is -2.13. The van der Waals surface area contributed by atoms with Crippen LogP contribution in [-0.2, 0) is 4.74 Å². The van der Waals surface area contributed by atoms with Crippen LogP contribution in [-0.4, -0.2) is 37.8 Å². The summed E-state index contributed by atoms with van der Waals surface area (Å²) in [5, 5.41) is 6.62. The van der Waals surface area contributed by atoms with Gasteiger partial charge in [0.05, 0.1) is 6.61 Å². The lowest BCUT2D eigenvalue weighted by atomic mass is 10.3. The van der Waals surface area contributed by atoms with E-state index in [1.165, 1.54) is 5.56 Å². The molecule has 0 spiro atoms. The number of ether oxygens (including phenoxy) is 1. The highest BCUT2D eigenvalue weighted by molar-refractivity contribution is 5.36. The second-order valence-corrected chi connectivity index (χ2v) is 3.96. The SMILES string of the molecule is COC[C@H](C)NCCNc1cc(C)ccn1. The number of anilines is 1. The summed E-state index contributed by atoms with van der Waals surface area (Å²) in [6, 6.07) is 4.42. The fourth-order valence-electron chi connectivity index (χ4n) is 1.45. The molecule has 16 heavy (non-hydrogen) atoms. The summed E-state index contributed by atoms with van der Waals surface area (Å²) in [6.45, 7) is 6.67. The summed E-state index contributed by atoms with van der Waals surface area (Å²) in [4.78, 5) is 4.23. The van der Waals surface area contributed by atoms with Crippen molar-refractivity contribution in [2.75, 3.05) is 32.1 Å². The van der Waals surface area contributed by atoms with Crippen LogP contribution >= 0.6 is 0 Å². The number of pyridine rings is 1. The maximum absolute atomic E-state index is 5.04. The van der Waals surface area contributed by atoms with Gasteiger partial charge in [0.25, 0.3) is 0 Å². The first kappa shape index (κ1) is 12.9. The van der Waals surface area contributed by atoms with Gasteiger partial charge in [-0.1, -0.05) is 0 Å². The standard InChI is InChI=1S/C12H21N3O/c1-10-4-5-14-12(8-10)15-7-6-13-11(2)9-16-3/h4-5,8,11,13H,6-7,9H2,1-3H3,(H,14,15)/t11-/m0/s1. The van der Waals surface area contributed by atoms with Gasteiger partial charge in [-0.3, -0.25) is 0 Å². The molecule has 1 atom stereocenters. The fourth-order valence-corrected chi connectivity index (χ4v) is 1.45. The molecule has 0 radical (unpaired) electrons. The average Bonchev–Trinajstić information content (AvgIpc) is 2.25. The third-order valence-electron chi connectivity index (χ3n) is 2.26. The predicted molar refractivity (Wildman–Crippen MR) is 66.8 cm³/mol. The van der Waals surface area contributed by atoms with Crippen molar-refractivity contribution in [3.05, 3.63) is 23.9 Å². The molecular weight excluding hydrogens is 202 g/mol. The predicted octanol–water partition coefficient (Wildman–Crippen LogP) is 1.43. The lowest BCUT2D eigenvalue weighted by molar-refractivity contribution is 0.173. The molecule has 0 aliphatic carbocycles. The number of rotatable bonds is 7. The Morgan fingerprint density at radius 2 is 2.25 bits per heavy atom. The first-order valence-corrected chi connectivity index (χ1v) is 5.61. The lowest BCUT2D eigenvalue weighted by Crippen LogP contribution is -2.33. The number of hydrogen-bond acceptors (Lipinski definition) is 4. The van der Waals surface area contributed by atoms with E-state index in [2.05, 4.69) is 29.5 Å². The van der Waals surface area contributed by atoms with Crippen molar-refractivity contribution in [1.29, 1.82) is 0 Å². The molecule has 1 aromatic rings. The highest BCUT2D eigenvalue weighted by atomic mass is 16.5. The molecule has 0 unspecified atom stereocenters.